The Morgan fingerprint density at radius 2 is 1.83 bits per heavy atom. The maximum absolute atomic E-state index is 12.6. The van der Waals surface area contributed by atoms with Gasteiger partial charge in [-0.1, -0.05) is 24.3 Å². The number of rotatable bonds is 4. The van der Waals surface area contributed by atoms with Gasteiger partial charge in [0.2, 0.25) is 0 Å². The number of methoxy groups -OCH3 is 1. The van der Waals surface area contributed by atoms with Crippen molar-refractivity contribution in [2.45, 2.75) is 37.8 Å². The van der Waals surface area contributed by atoms with Crippen molar-refractivity contribution in [2.75, 3.05) is 7.11 Å². The molecule has 9 heteroatoms. The number of imidazole rings is 1. The van der Waals surface area contributed by atoms with E-state index in [0.717, 1.165) is 36.8 Å². The largest absolute Gasteiger partial charge is 0.381 e. The molecule has 1 aliphatic carbocycles. The molecule has 148 valence electrons. The van der Waals surface area contributed by atoms with Crippen molar-refractivity contribution >= 4 is 11.2 Å². The van der Waals surface area contributed by atoms with Crippen LogP contribution in [0.4, 0.5) is 0 Å². The van der Waals surface area contributed by atoms with Crippen LogP contribution in [0, 0.1) is 0 Å². The molecule has 0 radical (unpaired) electrons. The first-order valence-electron chi connectivity index (χ1n) is 9.69. The summed E-state index contributed by atoms with van der Waals surface area (Å²) in [5, 5.41) is 6.72. The van der Waals surface area contributed by atoms with Crippen LogP contribution >= 0.6 is 0 Å². The van der Waals surface area contributed by atoms with Crippen LogP contribution in [0.15, 0.2) is 41.6 Å². The molecule has 29 heavy (non-hydrogen) atoms. The Morgan fingerprint density at radius 3 is 2.52 bits per heavy atom. The van der Waals surface area contributed by atoms with Gasteiger partial charge in [0.15, 0.2) is 17.3 Å². The fourth-order valence-electron chi connectivity index (χ4n) is 4.05. The van der Waals surface area contributed by atoms with E-state index in [-0.39, 0.29) is 17.8 Å². The van der Waals surface area contributed by atoms with Crippen LogP contribution in [0.2, 0.25) is 0 Å². The summed E-state index contributed by atoms with van der Waals surface area (Å²) < 4.78 is 7.24. The van der Waals surface area contributed by atoms with E-state index >= 15 is 0 Å². The summed E-state index contributed by atoms with van der Waals surface area (Å²) in [6.45, 7) is 0. The number of nitrogens with zero attached hydrogens (tertiary/aromatic N) is 5. The van der Waals surface area contributed by atoms with E-state index in [1.54, 1.807) is 17.9 Å². The molecule has 0 spiro atoms. The van der Waals surface area contributed by atoms with E-state index in [2.05, 4.69) is 25.1 Å². The molecule has 2 N–H and O–H groups in total. The summed E-state index contributed by atoms with van der Waals surface area (Å²) in [7, 11) is 1.75. The van der Waals surface area contributed by atoms with Crippen molar-refractivity contribution in [1.29, 1.82) is 0 Å². The molecular weight excluding hydrogens is 370 g/mol. The number of benzene rings is 1. The maximum atomic E-state index is 12.6. The van der Waals surface area contributed by atoms with Gasteiger partial charge in [-0.05, 0) is 25.7 Å². The number of fused-ring (bicyclic) bond motifs is 1. The van der Waals surface area contributed by atoms with Gasteiger partial charge in [0.05, 0.1) is 12.3 Å². The van der Waals surface area contributed by atoms with Crippen LogP contribution in [0.1, 0.15) is 31.7 Å². The highest BCUT2D eigenvalue weighted by atomic mass is 16.5. The fraction of sp³-hybridized carbons (Fsp3) is 0.350. The van der Waals surface area contributed by atoms with Gasteiger partial charge in [0, 0.05) is 24.3 Å². The van der Waals surface area contributed by atoms with Crippen molar-refractivity contribution in [3.63, 3.8) is 0 Å². The molecule has 0 bridgehead atoms. The number of nitrogens with one attached hydrogen (secondary N) is 2. The molecule has 0 unspecified atom stereocenters. The Morgan fingerprint density at radius 1 is 1.07 bits per heavy atom. The number of aromatic amines is 2. The van der Waals surface area contributed by atoms with Gasteiger partial charge in [-0.25, -0.2) is 19.7 Å². The molecule has 3 heterocycles. The normalized spacial score (nSPS) is 19.6. The second kappa shape index (κ2) is 7.25. The summed E-state index contributed by atoms with van der Waals surface area (Å²) in [5.74, 6) is 1.29. The number of hydrogen-bond donors (Lipinski definition) is 2. The summed E-state index contributed by atoms with van der Waals surface area (Å²) in [4.78, 5) is 28.8. The number of ether oxygens (including phenoxy) is 1. The minimum Gasteiger partial charge on any atom is -0.381 e. The van der Waals surface area contributed by atoms with Crippen LogP contribution in [0.25, 0.3) is 33.9 Å². The van der Waals surface area contributed by atoms with Crippen molar-refractivity contribution < 1.29 is 4.74 Å². The first-order chi connectivity index (χ1) is 14.2. The van der Waals surface area contributed by atoms with Crippen LogP contribution in [-0.4, -0.2) is 47.9 Å². The molecule has 1 aliphatic rings. The molecule has 4 aromatic rings. The molecule has 0 amide bonds. The molecule has 3 aromatic heterocycles. The van der Waals surface area contributed by atoms with E-state index in [9.17, 15) is 4.79 Å². The minimum atomic E-state index is -0.131. The molecule has 0 aliphatic heterocycles. The highest BCUT2D eigenvalue weighted by Crippen LogP contribution is 2.31. The zero-order chi connectivity index (χ0) is 19.8. The predicted molar refractivity (Wildman–Crippen MR) is 107 cm³/mol. The van der Waals surface area contributed by atoms with Gasteiger partial charge in [0.1, 0.15) is 11.8 Å². The van der Waals surface area contributed by atoms with E-state index < -0.39 is 0 Å². The fourth-order valence-corrected chi connectivity index (χ4v) is 4.05. The third kappa shape index (κ3) is 3.23. The quantitative estimate of drug-likeness (QED) is 0.553. The highest BCUT2D eigenvalue weighted by molar-refractivity contribution is 5.73. The van der Waals surface area contributed by atoms with Gasteiger partial charge in [-0.2, -0.15) is 5.10 Å². The topological polar surface area (TPSA) is 114 Å². The van der Waals surface area contributed by atoms with E-state index in [4.69, 9.17) is 9.72 Å². The molecule has 0 atom stereocenters. The third-order valence-electron chi connectivity index (χ3n) is 5.63. The number of hydrogen-bond acceptors (Lipinski definition) is 6. The van der Waals surface area contributed by atoms with E-state index in [0.29, 0.717) is 22.8 Å². The molecule has 0 saturated heterocycles. The average Bonchev–Trinajstić information content (AvgIpc) is 3.41. The minimum absolute atomic E-state index is 0.124. The van der Waals surface area contributed by atoms with Crippen LogP contribution in [-0.2, 0) is 4.74 Å². The predicted octanol–water partition coefficient (Wildman–Crippen LogP) is 2.70. The molecule has 1 fully saturated rings. The monoisotopic (exact) mass is 391 g/mol. The maximum Gasteiger partial charge on any atom is 0.327 e. The SMILES string of the molecule is COC1CCC(n2c(=O)[nH]c3cnc(-c4ccc(-c5ncn[nH]5)cc4)nc32)CC1. The molecule has 5 rings (SSSR count). The number of aromatic nitrogens is 7. The first-order valence-corrected chi connectivity index (χ1v) is 9.69. The molecule has 1 aromatic carbocycles. The summed E-state index contributed by atoms with van der Waals surface area (Å²) in [5.41, 5.74) is 2.98. The molecule has 9 nitrogen and oxygen atoms in total. The summed E-state index contributed by atoms with van der Waals surface area (Å²) in [6, 6.07) is 7.90. The van der Waals surface area contributed by atoms with Crippen LogP contribution in [0.5, 0.6) is 0 Å². The Labute approximate surface area is 166 Å². The Bertz CT molecular complexity index is 1170. The van der Waals surface area contributed by atoms with Crippen molar-refractivity contribution in [3.8, 4) is 22.8 Å². The highest BCUT2D eigenvalue weighted by Gasteiger charge is 2.25. The molecule has 1 saturated carbocycles. The van der Waals surface area contributed by atoms with Crippen LogP contribution in [0.3, 0.4) is 0 Å². The second-order valence-electron chi connectivity index (χ2n) is 7.31. The Kier molecular flexibility index (Phi) is 4.44. The number of H-pyrrole nitrogens is 2. The lowest BCUT2D eigenvalue weighted by molar-refractivity contribution is 0.0585. The summed E-state index contributed by atoms with van der Waals surface area (Å²) in [6.07, 6.45) is 7.13. The second-order valence-corrected chi connectivity index (χ2v) is 7.31. The summed E-state index contributed by atoms with van der Waals surface area (Å²) >= 11 is 0. The lowest BCUT2D eigenvalue weighted by Crippen LogP contribution is -2.28. The van der Waals surface area contributed by atoms with Gasteiger partial charge in [-0.3, -0.25) is 9.67 Å². The Hall–Kier alpha value is -3.33. The lowest BCUT2D eigenvalue weighted by Gasteiger charge is -2.28. The van der Waals surface area contributed by atoms with Gasteiger partial charge in [0.25, 0.3) is 0 Å². The van der Waals surface area contributed by atoms with E-state index in [1.165, 1.54) is 6.33 Å². The molecular formula is C20H21N7O2. The smallest absolute Gasteiger partial charge is 0.327 e. The first kappa shape index (κ1) is 17.7. The van der Waals surface area contributed by atoms with Crippen molar-refractivity contribution in [2.24, 2.45) is 0 Å². The zero-order valence-corrected chi connectivity index (χ0v) is 16.0. The average molecular weight is 391 g/mol. The zero-order valence-electron chi connectivity index (χ0n) is 16.0. The Balaban J connectivity index is 1.49. The van der Waals surface area contributed by atoms with Gasteiger partial charge in [-0.15, -0.1) is 0 Å². The lowest BCUT2D eigenvalue weighted by atomic mass is 9.93. The standard InChI is InChI=1S/C20H21N7O2/c1-29-15-8-6-14(7-9-15)27-19-16(24-20(27)28)10-21-17(25-19)12-2-4-13(5-3-12)18-22-11-23-26-18/h2-5,10-11,14-15H,6-9H2,1H3,(H,24,28)(H,22,23,26). The van der Waals surface area contributed by atoms with Gasteiger partial charge < -0.3 is 9.72 Å². The van der Waals surface area contributed by atoms with Crippen molar-refractivity contribution in [3.05, 3.63) is 47.3 Å². The third-order valence-corrected chi connectivity index (χ3v) is 5.63. The van der Waals surface area contributed by atoms with E-state index in [1.807, 2.05) is 24.3 Å². The van der Waals surface area contributed by atoms with Crippen molar-refractivity contribution in [1.82, 2.24) is 34.7 Å². The van der Waals surface area contributed by atoms with Crippen LogP contribution < -0.4 is 5.69 Å². The van der Waals surface area contributed by atoms with Gasteiger partial charge >= 0.3 is 5.69 Å².